The molecular formula is C13H10Br3NO. The zero-order valence-electron chi connectivity index (χ0n) is 9.28. The molecule has 1 aromatic carbocycles. The van der Waals surface area contributed by atoms with Crippen LogP contribution < -0.4 is 0 Å². The van der Waals surface area contributed by atoms with Crippen molar-refractivity contribution < 1.29 is 5.11 Å². The van der Waals surface area contributed by atoms with E-state index in [0.29, 0.717) is 12.1 Å². The summed E-state index contributed by atoms with van der Waals surface area (Å²) in [6.45, 7) is 0. The highest BCUT2D eigenvalue weighted by Crippen LogP contribution is 2.26. The number of hydrogen-bond acceptors (Lipinski definition) is 2. The van der Waals surface area contributed by atoms with Crippen LogP contribution >= 0.6 is 47.8 Å². The van der Waals surface area contributed by atoms with Crippen LogP contribution in [0.4, 0.5) is 0 Å². The number of halogens is 3. The fourth-order valence-electron chi connectivity index (χ4n) is 1.61. The van der Waals surface area contributed by atoms with Crippen molar-refractivity contribution in [3.8, 4) is 0 Å². The van der Waals surface area contributed by atoms with Gasteiger partial charge in [-0.2, -0.15) is 0 Å². The Hall–Kier alpha value is -0.230. The van der Waals surface area contributed by atoms with Crippen LogP contribution in [-0.2, 0) is 6.42 Å². The zero-order valence-corrected chi connectivity index (χ0v) is 14.0. The molecule has 2 rings (SSSR count). The minimum Gasteiger partial charge on any atom is -0.386 e. The Bertz CT molecular complexity index is 542. The van der Waals surface area contributed by atoms with Gasteiger partial charge in [0.1, 0.15) is 6.10 Å². The molecule has 0 saturated carbocycles. The number of nitrogens with zero attached hydrogens (tertiary/aromatic N) is 1. The van der Waals surface area contributed by atoms with E-state index in [1.54, 1.807) is 6.20 Å². The van der Waals surface area contributed by atoms with Crippen LogP contribution in [0.15, 0.2) is 49.9 Å². The summed E-state index contributed by atoms with van der Waals surface area (Å²) in [5.41, 5.74) is 1.73. The van der Waals surface area contributed by atoms with Gasteiger partial charge in [-0.05, 0) is 55.6 Å². The van der Waals surface area contributed by atoms with E-state index in [9.17, 15) is 5.11 Å². The lowest BCUT2D eigenvalue weighted by Crippen LogP contribution is -2.05. The number of aliphatic hydroxyl groups is 1. The highest BCUT2D eigenvalue weighted by atomic mass is 79.9. The molecule has 1 atom stereocenters. The molecular weight excluding hydrogens is 426 g/mol. The molecule has 0 bridgehead atoms. The zero-order chi connectivity index (χ0) is 13.1. The van der Waals surface area contributed by atoms with E-state index in [1.165, 1.54) is 0 Å². The van der Waals surface area contributed by atoms with Gasteiger partial charge in [0, 0.05) is 26.0 Å². The SMILES string of the molecule is OC(Cc1ccc(Br)cc1)c1ncc(Br)cc1Br. The second kappa shape index (κ2) is 6.28. The topological polar surface area (TPSA) is 33.1 Å². The fourth-order valence-corrected chi connectivity index (χ4v) is 3.13. The van der Waals surface area contributed by atoms with E-state index < -0.39 is 6.10 Å². The summed E-state index contributed by atoms with van der Waals surface area (Å²) in [4.78, 5) is 4.24. The second-order valence-corrected chi connectivity index (χ2v) is 6.55. The summed E-state index contributed by atoms with van der Waals surface area (Å²) < 4.78 is 2.72. The van der Waals surface area contributed by atoms with Crippen LogP contribution in [0.2, 0.25) is 0 Å². The summed E-state index contributed by atoms with van der Waals surface area (Å²) in [5, 5.41) is 10.2. The predicted molar refractivity (Wildman–Crippen MR) is 82.4 cm³/mol. The monoisotopic (exact) mass is 433 g/mol. The van der Waals surface area contributed by atoms with Crippen molar-refractivity contribution in [2.45, 2.75) is 12.5 Å². The molecule has 5 heteroatoms. The van der Waals surface area contributed by atoms with Gasteiger partial charge < -0.3 is 5.11 Å². The lowest BCUT2D eigenvalue weighted by atomic mass is 10.1. The minimum absolute atomic E-state index is 0.542. The van der Waals surface area contributed by atoms with Gasteiger partial charge in [-0.15, -0.1) is 0 Å². The Kier molecular flexibility index (Phi) is 4.95. The number of hydrogen-bond donors (Lipinski definition) is 1. The van der Waals surface area contributed by atoms with Crippen molar-refractivity contribution in [2.24, 2.45) is 0 Å². The van der Waals surface area contributed by atoms with Crippen LogP contribution in [-0.4, -0.2) is 10.1 Å². The average Bonchev–Trinajstić information content (AvgIpc) is 2.32. The van der Waals surface area contributed by atoms with E-state index >= 15 is 0 Å². The van der Waals surface area contributed by atoms with Crippen LogP contribution in [0.3, 0.4) is 0 Å². The van der Waals surface area contributed by atoms with Crippen molar-refractivity contribution in [3.63, 3.8) is 0 Å². The molecule has 0 aliphatic heterocycles. The van der Waals surface area contributed by atoms with Crippen LogP contribution in [0.1, 0.15) is 17.4 Å². The van der Waals surface area contributed by atoms with E-state index in [-0.39, 0.29) is 0 Å². The van der Waals surface area contributed by atoms with Gasteiger partial charge in [-0.25, -0.2) is 0 Å². The molecule has 0 saturated heterocycles. The molecule has 0 fully saturated rings. The molecule has 18 heavy (non-hydrogen) atoms. The molecule has 1 aromatic heterocycles. The molecule has 0 aliphatic carbocycles. The van der Waals surface area contributed by atoms with Gasteiger partial charge in [-0.1, -0.05) is 28.1 Å². The molecule has 1 unspecified atom stereocenters. The molecule has 1 heterocycles. The summed E-state index contributed by atoms with van der Waals surface area (Å²) in [6, 6.07) is 9.78. The maximum absolute atomic E-state index is 10.2. The van der Waals surface area contributed by atoms with Gasteiger partial charge in [0.05, 0.1) is 5.69 Å². The normalized spacial score (nSPS) is 12.4. The fraction of sp³-hybridized carbons (Fsp3) is 0.154. The minimum atomic E-state index is -0.617. The van der Waals surface area contributed by atoms with Crippen molar-refractivity contribution in [1.82, 2.24) is 4.98 Å². The summed E-state index contributed by atoms with van der Waals surface area (Å²) in [5.74, 6) is 0. The number of benzene rings is 1. The largest absolute Gasteiger partial charge is 0.386 e. The Morgan fingerprint density at radius 1 is 1.06 bits per heavy atom. The highest BCUT2D eigenvalue weighted by molar-refractivity contribution is 9.11. The van der Waals surface area contributed by atoms with Gasteiger partial charge in [0.2, 0.25) is 0 Å². The summed E-state index contributed by atoms with van der Waals surface area (Å²) in [6.07, 6.45) is 1.61. The molecule has 0 amide bonds. The molecule has 2 aromatic rings. The maximum atomic E-state index is 10.2. The van der Waals surface area contributed by atoms with Crippen LogP contribution in [0, 0.1) is 0 Å². The van der Waals surface area contributed by atoms with Crippen LogP contribution in [0.5, 0.6) is 0 Å². The standard InChI is InChI=1S/C13H10Br3NO/c14-9-3-1-8(2-4-9)5-12(18)13-11(16)6-10(15)7-17-13/h1-4,6-7,12,18H,5H2. The summed E-state index contributed by atoms with van der Waals surface area (Å²) in [7, 11) is 0. The number of pyridine rings is 1. The lowest BCUT2D eigenvalue weighted by Gasteiger charge is -2.12. The smallest absolute Gasteiger partial charge is 0.101 e. The van der Waals surface area contributed by atoms with Crippen molar-refractivity contribution in [3.05, 3.63) is 61.2 Å². The molecule has 0 radical (unpaired) electrons. The first kappa shape index (κ1) is 14.2. The van der Waals surface area contributed by atoms with Gasteiger partial charge in [0.15, 0.2) is 0 Å². The molecule has 2 nitrogen and oxygen atoms in total. The first-order valence-corrected chi connectivity index (χ1v) is 7.67. The lowest BCUT2D eigenvalue weighted by molar-refractivity contribution is 0.172. The number of aliphatic hydroxyl groups excluding tert-OH is 1. The Balaban J connectivity index is 2.16. The predicted octanol–water partition coefficient (Wildman–Crippen LogP) is 4.65. The molecule has 1 N–H and O–H groups in total. The third-order valence-electron chi connectivity index (χ3n) is 2.49. The van der Waals surface area contributed by atoms with E-state index in [4.69, 9.17) is 0 Å². The molecule has 94 valence electrons. The number of rotatable bonds is 3. The first-order valence-electron chi connectivity index (χ1n) is 5.29. The average molecular weight is 436 g/mol. The van der Waals surface area contributed by atoms with Gasteiger partial charge >= 0.3 is 0 Å². The molecule has 0 spiro atoms. The van der Waals surface area contributed by atoms with Gasteiger partial charge in [-0.3, -0.25) is 4.98 Å². The quantitative estimate of drug-likeness (QED) is 0.761. The Morgan fingerprint density at radius 2 is 1.72 bits per heavy atom. The van der Waals surface area contributed by atoms with Crippen LogP contribution in [0.25, 0.3) is 0 Å². The Labute approximate surface area is 131 Å². The number of aromatic nitrogens is 1. The first-order chi connectivity index (χ1) is 8.56. The van der Waals surface area contributed by atoms with Crippen molar-refractivity contribution in [1.29, 1.82) is 0 Å². The summed E-state index contributed by atoms with van der Waals surface area (Å²) >= 11 is 10.1. The van der Waals surface area contributed by atoms with Crippen molar-refractivity contribution >= 4 is 47.8 Å². The van der Waals surface area contributed by atoms with E-state index in [2.05, 4.69) is 52.8 Å². The van der Waals surface area contributed by atoms with E-state index in [1.807, 2.05) is 30.3 Å². The third-order valence-corrected chi connectivity index (χ3v) is 4.09. The third kappa shape index (κ3) is 3.63. The maximum Gasteiger partial charge on any atom is 0.101 e. The highest BCUT2D eigenvalue weighted by Gasteiger charge is 2.14. The van der Waals surface area contributed by atoms with E-state index in [0.717, 1.165) is 19.0 Å². The Morgan fingerprint density at radius 3 is 2.33 bits per heavy atom. The molecule has 0 aliphatic rings. The van der Waals surface area contributed by atoms with Crippen molar-refractivity contribution in [2.75, 3.05) is 0 Å². The second-order valence-electron chi connectivity index (χ2n) is 3.87. The van der Waals surface area contributed by atoms with Gasteiger partial charge in [0.25, 0.3) is 0 Å².